The highest BCUT2D eigenvalue weighted by Gasteiger charge is 2.76. The molecule has 81 heavy (non-hydrogen) atoms. The monoisotopic (exact) mass is 1120 g/mol. The lowest BCUT2D eigenvalue weighted by atomic mass is 9.38. The molecule has 0 unspecified atom stereocenters. The quantitative estimate of drug-likeness (QED) is 0.0960. The number of imide groups is 1. The van der Waals surface area contributed by atoms with E-state index in [2.05, 4.69) is 22.9 Å². The molecule has 2 saturated heterocycles. The Kier molecular flexibility index (Phi) is 14.5. The van der Waals surface area contributed by atoms with Crippen molar-refractivity contribution in [3.05, 3.63) is 95.1 Å². The van der Waals surface area contributed by atoms with Crippen molar-refractivity contribution >= 4 is 52.9 Å². The maximum absolute atomic E-state index is 14.0. The Labute approximate surface area is 464 Å². The van der Waals surface area contributed by atoms with Crippen LogP contribution in [-0.2, 0) is 65.5 Å². The summed E-state index contributed by atoms with van der Waals surface area (Å²) in [6, 6.07) is 12.0. The van der Waals surface area contributed by atoms with Crippen LogP contribution in [0.3, 0.4) is 0 Å². The van der Waals surface area contributed by atoms with Gasteiger partial charge in [0.05, 0.1) is 17.9 Å². The molecule has 10 aliphatic rings. The van der Waals surface area contributed by atoms with Crippen LogP contribution in [0.2, 0.25) is 0 Å². The number of allylic oxidation sites excluding steroid dienone is 4. The number of alkyl carbamates (subject to hydrolysis) is 1. The first-order chi connectivity index (χ1) is 38.5. The van der Waals surface area contributed by atoms with Gasteiger partial charge < -0.3 is 70.3 Å². The number of carbonyl (C=O) groups excluding carboxylic acids is 7. The number of Topliss-reactive ketones (excluding diaryl/α,β-unsaturated/α-hetero) is 1. The van der Waals surface area contributed by atoms with Crippen LogP contribution in [0.25, 0.3) is 0 Å². The highest BCUT2D eigenvalue weighted by molar-refractivity contribution is 6.13. The molecule has 7 aliphatic carbocycles. The number of hydrogen-bond acceptors (Lipinski definition) is 18. The molecular formula is C58H66N4O19. The molecule has 0 aromatic heterocycles. The third-order valence-electron chi connectivity index (χ3n) is 19.0. The summed E-state index contributed by atoms with van der Waals surface area (Å²) < 4.78 is 30.1. The summed E-state index contributed by atoms with van der Waals surface area (Å²) in [6.07, 6.45) is -0.583. The molecule has 2 aromatic rings. The summed E-state index contributed by atoms with van der Waals surface area (Å²) in [5, 5.41) is 71.3. The number of fused-ring (bicyclic) bond motifs is 7. The van der Waals surface area contributed by atoms with Gasteiger partial charge in [0.15, 0.2) is 29.6 Å². The van der Waals surface area contributed by atoms with Crippen LogP contribution in [0, 0.1) is 34.0 Å². The molecule has 3 aliphatic heterocycles. The number of ether oxygens (including phenoxy) is 5. The zero-order chi connectivity index (χ0) is 57.6. The number of rotatable bonds is 18. The van der Waals surface area contributed by atoms with Gasteiger partial charge in [-0.3, -0.25) is 33.7 Å². The van der Waals surface area contributed by atoms with Crippen molar-refractivity contribution in [3.63, 3.8) is 0 Å². The van der Waals surface area contributed by atoms with Gasteiger partial charge in [-0.1, -0.05) is 55.8 Å². The first kappa shape index (κ1) is 56.2. The normalized spacial score (nSPS) is 37.6. The number of carbonyl (C=O) groups is 8. The molecule has 3 heterocycles. The van der Waals surface area contributed by atoms with Gasteiger partial charge >= 0.3 is 12.1 Å². The fourth-order valence-electron chi connectivity index (χ4n) is 15.4. The van der Waals surface area contributed by atoms with Gasteiger partial charge in [0.1, 0.15) is 37.3 Å². The van der Waals surface area contributed by atoms with Gasteiger partial charge in [-0.15, -0.1) is 0 Å². The molecule has 8 fully saturated rings. The SMILES string of the molecule is C[C@]12C=CC(=O)C=C1CC[C@@H]1[C@@H]2[C@@H](O)C[C@@]2(C)[C@H]1C[C@H]1O[C@@H](c3ccc(CC45CC(NC(=O)OCc6ccc(O[C@@H]7O[C@H](C(=O)O)[C@@H](O)[C@H](O)[C@H]7O)c(NC(=O)CCNC(=O)CCN7C(=O)C=CC7=O)c6)(C4)C5)cc3)O[C@]12C(=O)CO. The maximum Gasteiger partial charge on any atom is 0.407 e. The van der Waals surface area contributed by atoms with E-state index in [4.69, 9.17) is 23.7 Å². The molecule has 2 bridgehead atoms. The predicted molar refractivity (Wildman–Crippen MR) is 278 cm³/mol. The lowest BCUT2D eigenvalue weighted by Crippen LogP contribution is -2.75. The first-order valence-electron chi connectivity index (χ1n) is 27.5. The molecule has 0 radical (unpaired) electrons. The lowest BCUT2D eigenvalue weighted by Gasteiger charge is -2.70. The van der Waals surface area contributed by atoms with Crippen molar-refractivity contribution in [2.45, 2.75) is 145 Å². The zero-order valence-corrected chi connectivity index (χ0v) is 44.6. The molecule has 9 N–H and O–H groups in total. The number of aliphatic carboxylic acids is 1. The standard InChI is InChI=1S/C58H66N4O19/c1-54-16-13-33(64)20-32(54)8-9-34-35-21-40-58(39(66)24-63,55(35,2)23-37(65)45(34)54)81-51(79-40)31-6-3-29(4-7-31)22-56-26-57(27-56,28-56)61-53(76)77-25-30-5-10-38(78-52-48(73)46(71)47(72)49(80-52)50(74)75)36(19-30)60-42(68)14-17-59-41(67)15-18-62-43(69)11-12-44(62)70/h3-7,10-13,16,19-20,34-35,37,40,45-49,51-52,63,65,71-73H,8-9,14-15,17-18,21-28H2,1-2H3,(H,59,67)(H,60,68)(H,61,76)(H,74,75)/t34-,35-,37-,40+,45+,46-,47-,48+,49-,51+,52+,54-,55-,56?,57?,58+/m0/s1. The maximum atomic E-state index is 14.0. The van der Waals surface area contributed by atoms with Crippen LogP contribution in [0.5, 0.6) is 5.75 Å². The third-order valence-corrected chi connectivity index (χ3v) is 19.0. The number of anilines is 1. The number of hydrogen-bond donors (Lipinski definition) is 9. The van der Waals surface area contributed by atoms with Crippen molar-refractivity contribution in [1.29, 1.82) is 0 Å². The van der Waals surface area contributed by atoms with E-state index in [1.807, 2.05) is 37.3 Å². The van der Waals surface area contributed by atoms with E-state index in [1.165, 1.54) is 18.2 Å². The van der Waals surface area contributed by atoms with E-state index >= 15 is 0 Å². The minimum Gasteiger partial charge on any atom is -0.479 e. The number of nitrogens with zero attached hydrogens (tertiary/aromatic N) is 1. The number of aliphatic hydroxyl groups is 5. The zero-order valence-electron chi connectivity index (χ0n) is 44.6. The largest absolute Gasteiger partial charge is 0.479 e. The summed E-state index contributed by atoms with van der Waals surface area (Å²) >= 11 is 0. The summed E-state index contributed by atoms with van der Waals surface area (Å²) in [5.41, 5.74) is -0.172. The Balaban J connectivity index is 0.682. The number of nitrogens with one attached hydrogen (secondary N) is 3. The van der Waals surface area contributed by atoms with E-state index in [1.54, 1.807) is 12.2 Å². The minimum atomic E-state index is -1.99. The fourth-order valence-corrected chi connectivity index (χ4v) is 15.4. The topological polar surface area (TPSA) is 343 Å². The number of amides is 5. The first-order valence-corrected chi connectivity index (χ1v) is 27.5. The van der Waals surface area contributed by atoms with Gasteiger partial charge in [0.25, 0.3) is 11.8 Å². The molecule has 23 heteroatoms. The van der Waals surface area contributed by atoms with Crippen LogP contribution < -0.4 is 20.7 Å². The van der Waals surface area contributed by atoms with E-state index in [0.29, 0.717) is 37.7 Å². The molecule has 2 aromatic carbocycles. The summed E-state index contributed by atoms with van der Waals surface area (Å²) in [5.74, 6) is -4.72. The number of carboxylic acids is 1. The highest BCUT2D eigenvalue weighted by Crippen LogP contribution is 2.71. The summed E-state index contributed by atoms with van der Waals surface area (Å²) in [6.45, 7) is 2.78. The van der Waals surface area contributed by atoms with Crippen LogP contribution in [0.4, 0.5) is 10.5 Å². The number of ketones is 2. The van der Waals surface area contributed by atoms with E-state index in [-0.39, 0.29) is 79.3 Å². The van der Waals surface area contributed by atoms with Gasteiger partial charge in [0.2, 0.25) is 18.1 Å². The van der Waals surface area contributed by atoms with Crippen molar-refractivity contribution in [2.24, 2.45) is 34.0 Å². The van der Waals surface area contributed by atoms with E-state index < -0.39 is 119 Å². The average molecular weight is 1120 g/mol. The van der Waals surface area contributed by atoms with Crippen molar-refractivity contribution in [1.82, 2.24) is 15.5 Å². The third kappa shape index (κ3) is 9.77. The Hall–Kier alpha value is -6.70. The van der Waals surface area contributed by atoms with Crippen LogP contribution in [0.1, 0.15) is 94.6 Å². The van der Waals surface area contributed by atoms with E-state index in [9.17, 15) is 69.0 Å². The molecule has 14 atom stereocenters. The molecule has 5 amide bonds. The van der Waals surface area contributed by atoms with Crippen LogP contribution >= 0.6 is 0 Å². The molecule has 6 saturated carbocycles. The molecule has 432 valence electrons. The number of aliphatic hydroxyl groups excluding tert-OH is 5. The summed E-state index contributed by atoms with van der Waals surface area (Å²) in [7, 11) is 0. The van der Waals surface area contributed by atoms with Gasteiger partial charge in [-0.2, -0.15) is 0 Å². The lowest BCUT2D eigenvalue weighted by molar-refractivity contribution is -0.271. The Morgan fingerprint density at radius 2 is 1.57 bits per heavy atom. The second kappa shape index (κ2) is 20.9. The Bertz CT molecular complexity index is 3010. The second-order valence-corrected chi connectivity index (χ2v) is 24.0. The fraction of sp³-hybridized carbons (Fsp3) is 0.552. The highest BCUT2D eigenvalue weighted by atomic mass is 16.7. The van der Waals surface area contributed by atoms with Crippen LogP contribution in [0.15, 0.2) is 78.4 Å². The van der Waals surface area contributed by atoms with Crippen molar-refractivity contribution in [3.8, 4) is 5.75 Å². The summed E-state index contributed by atoms with van der Waals surface area (Å²) in [4.78, 5) is 102. The van der Waals surface area contributed by atoms with E-state index in [0.717, 1.165) is 46.6 Å². The predicted octanol–water partition coefficient (Wildman–Crippen LogP) is 1.71. The number of carboxylic acid groups (broad SMARTS) is 1. The second-order valence-electron chi connectivity index (χ2n) is 24.0. The Morgan fingerprint density at radius 3 is 2.27 bits per heavy atom. The minimum absolute atomic E-state index is 0.0305. The van der Waals surface area contributed by atoms with Gasteiger partial charge in [-0.05, 0) is 104 Å². The van der Waals surface area contributed by atoms with Crippen LogP contribution in [-0.4, -0.2) is 157 Å². The average Bonchev–Trinajstić information content (AvgIpc) is 2.24. The van der Waals surface area contributed by atoms with Crippen molar-refractivity contribution < 1.29 is 92.7 Å². The Morgan fingerprint density at radius 1 is 0.852 bits per heavy atom. The van der Waals surface area contributed by atoms with Crippen molar-refractivity contribution in [2.75, 3.05) is 25.0 Å². The molecule has 23 nitrogen and oxygen atoms in total. The number of benzene rings is 2. The smallest absolute Gasteiger partial charge is 0.407 e. The van der Waals surface area contributed by atoms with Gasteiger partial charge in [0, 0.05) is 65.9 Å². The molecular weight excluding hydrogens is 1060 g/mol. The van der Waals surface area contributed by atoms with Gasteiger partial charge in [-0.25, -0.2) is 9.59 Å². The molecule has 0 spiro atoms. The molecule has 12 rings (SSSR count).